The second-order valence-electron chi connectivity index (χ2n) is 4.09. The van der Waals surface area contributed by atoms with Crippen molar-refractivity contribution in [1.29, 1.82) is 0 Å². The molecular formula is C12H12IN3. The first-order valence-electron chi connectivity index (χ1n) is 5.39. The molecule has 1 aromatic heterocycles. The number of halogens is 1. The van der Waals surface area contributed by atoms with Gasteiger partial charge in [-0.2, -0.15) is 5.10 Å². The van der Waals surface area contributed by atoms with E-state index in [0.29, 0.717) is 6.04 Å². The quantitative estimate of drug-likeness (QED) is 0.851. The zero-order valence-corrected chi connectivity index (χ0v) is 10.9. The first-order chi connectivity index (χ1) is 7.81. The van der Waals surface area contributed by atoms with Gasteiger partial charge in [-0.15, -0.1) is 0 Å². The Hall–Kier alpha value is -1.04. The third-order valence-electron chi connectivity index (χ3n) is 2.66. The zero-order chi connectivity index (χ0) is 11.0. The average Bonchev–Trinajstić information content (AvgIpc) is 2.97. The number of aromatic nitrogens is 2. The minimum atomic E-state index is 0.646. The van der Waals surface area contributed by atoms with Gasteiger partial charge in [0.1, 0.15) is 5.82 Å². The van der Waals surface area contributed by atoms with Gasteiger partial charge in [-0.1, -0.05) is 12.1 Å². The fourth-order valence-corrected chi connectivity index (χ4v) is 1.97. The molecule has 0 saturated heterocycles. The van der Waals surface area contributed by atoms with Crippen molar-refractivity contribution in [3.63, 3.8) is 0 Å². The molecule has 3 nitrogen and oxygen atoms in total. The molecule has 2 aromatic rings. The number of nitrogens with one attached hydrogen (secondary N) is 2. The molecule has 82 valence electrons. The standard InChI is InChI=1S/C12H12IN3/c13-9-3-1-8(2-4-9)11-7-12(16-15-11)14-10-5-6-10/h1-4,7,10H,5-6H2,(H2,14,15,16). The molecule has 0 atom stereocenters. The minimum Gasteiger partial charge on any atom is -0.366 e. The summed E-state index contributed by atoms with van der Waals surface area (Å²) in [5.41, 5.74) is 2.25. The predicted octanol–water partition coefficient (Wildman–Crippen LogP) is 3.26. The zero-order valence-electron chi connectivity index (χ0n) is 8.70. The molecule has 16 heavy (non-hydrogen) atoms. The second-order valence-corrected chi connectivity index (χ2v) is 5.34. The van der Waals surface area contributed by atoms with Gasteiger partial charge in [0.2, 0.25) is 0 Å². The van der Waals surface area contributed by atoms with Crippen molar-refractivity contribution in [3.8, 4) is 11.3 Å². The van der Waals surface area contributed by atoms with Gasteiger partial charge in [-0.25, -0.2) is 0 Å². The van der Waals surface area contributed by atoms with E-state index in [4.69, 9.17) is 0 Å². The smallest absolute Gasteiger partial charge is 0.148 e. The van der Waals surface area contributed by atoms with Crippen LogP contribution in [0, 0.1) is 3.57 Å². The Kier molecular flexibility index (Phi) is 2.59. The minimum absolute atomic E-state index is 0.646. The van der Waals surface area contributed by atoms with Crippen LogP contribution in [0.15, 0.2) is 30.3 Å². The molecule has 0 bridgehead atoms. The summed E-state index contributed by atoms with van der Waals surface area (Å²) >= 11 is 2.31. The van der Waals surface area contributed by atoms with E-state index in [-0.39, 0.29) is 0 Å². The van der Waals surface area contributed by atoms with Crippen molar-refractivity contribution in [1.82, 2.24) is 10.2 Å². The fourth-order valence-electron chi connectivity index (χ4n) is 1.61. The van der Waals surface area contributed by atoms with Crippen LogP contribution in [0.3, 0.4) is 0 Å². The molecule has 2 N–H and O–H groups in total. The Morgan fingerprint density at radius 1 is 1.25 bits per heavy atom. The van der Waals surface area contributed by atoms with E-state index in [2.05, 4.69) is 68.4 Å². The highest BCUT2D eigenvalue weighted by molar-refractivity contribution is 14.1. The number of H-pyrrole nitrogens is 1. The number of hydrogen-bond acceptors (Lipinski definition) is 2. The number of benzene rings is 1. The summed E-state index contributed by atoms with van der Waals surface area (Å²) in [6.07, 6.45) is 2.54. The van der Waals surface area contributed by atoms with E-state index < -0.39 is 0 Å². The third-order valence-corrected chi connectivity index (χ3v) is 3.38. The SMILES string of the molecule is Ic1ccc(-c2cc(NC3CC3)n[nH]2)cc1. The molecule has 1 aliphatic carbocycles. The van der Waals surface area contributed by atoms with E-state index in [9.17, 15) is 0 Å². The number of rotatable bonds is 3. The van der Waals surface area contributed by atoms with Gasteiger partial charge < -0.3 is 5.32 Å². The molecule has 0 unspecified atom stereocenters. The maximum Gasteiger partial charge on any atom is 0.148 e. The molecule has 0 radical (unpaired) electrons. The predicted molar refractivity (Wildman–Crippen MR) is 73.4 cm³/mol. The third kappa shape index (κ3) is 2.21. The van der Waals surface area contributed by atoms with Crippen molar-refractivity contribution in [2.75, 3.05) is 5.32 Å². The number of nitrogens with zero attached hydrogens (tertiary/aromatic N) is 1. The maximum atomic E-state index is 4.26. The summed E-state index contributed by atoms with van der Waals surface area (Å²) in [6.45, 7) is 0. The molecule has 0 spiro atoms. The van der Waals surface area contributed by atoms with Crippen LogP contribution in [0.4, 0.5) is 5.82 Å². The average molecular weight is 325 g/mol. The topological polar surface area (TPSA) is 40.7 Å². The number of hydrogen-bond donors (Lipinski definition) is 2. The normalized spacial score (nSPS) is 15.1. The molecule has 0 aliphatic heterocycles. The van der Waals surface area contributed by atoms with Crippen molar-refractivity contribution < 1.29 is 0 Å². The largest absolute Gasteiger partial charge is 0.366 e. The Morgan fingerprint density at radius 2 is 2.00 bits per heavy atom. The van der Waals surface area contributed by atoms with Crippen LogP contribution in [0.25, 0.3) is 11.3 Å². The van der Waals surface area contributed by atoms with Crippen molar-refractivity contribution >= 4 is 28.4 Å². The number of anilines is 1. The lowest BCUT2D eigenvalue weighted by Crippen LogP contribution is -2.00. The van der Waals surface area contributed by atoms with E-state index in [1.807, 2.05) is 0 Å². The van der Waals surface area contributed by atoms with Crippen LogP contribution in [0.2, 0.25) is 0 Å². The van der Waals surface area contributed by atoms with Gasteiger partial charge in [-0.3, -0.25) is 5.10 Å². The van der Waals surface area contributed by atoms with Gasteiger partial charge in [0.25, 0.3) is 0 Å². The summed E-state index contributed by atoms with van der Waals surface area (Å²) in [5, 5.41) is 10.7. The first-order valence-corrected chi connectivity index (χ1v) is 6.47. The molecule has 1 aliphatic rings. The molecule has 1 heterocycles. The van der Waals surface area contributed by atoms with Crippen LogP contribution >= 0.6 is 22.6 Å². The van der Waals surface area contributed by atoms with E-state index in [1.165, 1.54) is 22.0 Å². The van der Waals surface area contributed by atoms with Crippen molar-refractivity contribution in [2.45, 2.75) is 18.9 Å². The Balaban J connectivity index is 1.82. The van der Waals surface area contributed by atoms with E-state index in [1.54, 1.807) is 0 Å². The van der Waals surface area contributed by atoms with Crippen LogP contribution in [0.5, 0.6) is 0 Å². The second kappa shape index (κ2) is 4.08. The monoisotopic (exact) mass is 325 g/mol. The molecule has 4 heteroatoms. The molecule has 3 rings (SSSR count). The number of aromatic amines is 1. The highest BCUT2D eigenvalue weighted by Gasteiger charge is 2.21. The summed E-state index contributed by atoms with van der Waals surface area (Å²) < 4.78 is 1.25. The lowest BCUT2D eigenvalue weighted by atomic mass is 10.1. The molecule has 1 saturated carbocycles. The van der Waals surface area contributed by atoms with E-state index in [0.717, 1.165) is 11.5 Å². The van der Waals surface area contributed by atoms with Gasteiger partial charge in [-0.05, 0) is 53.1 Å². The highest BCUT2D eigenvalue weighted by Crippen LogP contribution is 2.26. The fraction of sp³-hybridized carbons (Fsp3) is 0.250. The summed E-state index contributed by atoms with van der Waals surface area (Å²) in [5.74, 6) is 0.955. The van der Waals surface area contributed by atoms with Gasteiger partial charge in [0, 0.05) is 15.7 Å². The summed E-state index contributed by atoms with van der Waals surface area (Å²) in [6, 6.07) is 11.1. The Labute approximate surface area is 108 Å². The molecular weight excluding hydrogens is 313 g/mol. The van der Waals surface area contributed by atoms with Crippen LogP contribution in [0.1, 0.15) is 12.8 Å². The van der Waals surface area contributed by atoms with Crippen molar-refractivity contribution in [3.05, 3.63) is 33.9 Å². The van der Waals surface area contributed by atoms with Crippen molar-refractivity contribution in [2.24, 2.45) is 0 Å². The Bertz CT molecular complexity index is 485. The highest BCUT2D eigenvalue weighted by atomic mass is 127. The van der Waals surface area contributed by atoms with Gasteiger partial charge in [0.15, 0.2) is 0 Å². The Morgan fingerprint density at radius 3 is 2.69 bits per heavy atom. The summed E-state index contributed by atoms with van der Waals surface area (Å²) in [4.78, 5) is 0. The molecule has 1 fully saturated rings. The lowest BCUT2D eigenvalue weighted by molar-refractivity contribution is 1.05. The van der Waals surface area contributed by atoms with Gasteiger partial charge >= 0.3 is 0 Å². The van der Waals surface area contributed by atoms with Gasteiger partial charge in [0.05, 0.1) is 5.69 Å². The van der Waals surface area contributed by atoms with Crippen LogP contribution < -0.4 is 5.32 Å². The summed E-state index contributed by atoms with van der Waals surface area (Å²) in [7, 11) is 0. The molecule has 1 aromatic carbocycles. The lowest BCUT2D eigenvalue weighted by Gasteiger charge is -1.97. The maximum absolute atomic E-state index is 4.26. The van der Waals surface area contributed by atoms with Crippen LogP contribution in [-0.4, -0.2) is 16.2 Å². The molecule has 0 amide bonds. The van der Waals surface area contributed by atoms with Crippen LogP contribution in [-0.2, 0) is 0 Å². The first kappa shape index (κ1) is 10.1. The van der Waals surface area contributed by atoms with E-state index >= 15 is 0 Å².